The van der Waals surface area contributed by atoms with Gasteiger partial charge in [0.2, 0.25) is 0 Å². The second kappa shape index (κ2) is 5.99. The molecule has 1 rings (SSSR count). The molecule has 3 heteroatoms. The van der Waals surface area contributed by atoms with Crippen LogP contribution in [-0.4, -0.2) is 13.1 Å². The molecule has 0 aromatic heterocycles. The molecule has 0 heterocycles. The smallest absolute Gasteiger partial charge is 0.0642 e. The highest BCUT2D eigenvalue weighted by atomic mass is 35.5. The molecule has 1 aromatic rings. The van der Waals surface area contributed by atoms with Crippen molar-refractivity contribution < 1.29 is 0 Å². The summed E-state index contributed by atoms with van der Waals surface area (Å²) in [5, 5.41) is 4.16. The van der Waals surface area contributed by atoms with Gasteiger partial charge < -0.3 is 11.1 Å². The van der Waals surface area contributed by atoms with Crippen molar-refractivity contribution >= 4 is 17.3 Å². The quantitative estimate of drug-likeness (QED) is 0.758. The summed E-state index contributed by atoms with van der Waals surface area (Å²) >= 11 is 6.16. The van der Waals surface area contributed by atoms with Gasteiger partial charge in [0.25, 0.3) is 0 Å². The molecule has 0 saturated heterocycles. The maximum atomic E-state index is 6.16. The Balaban J connectivity index is 2.60. The van der Waals surface area contributed by atoms with Gasteiger partial charge in [-0.2, -0.15) is 0 Å². The maximum absolute atomic E-state index is 6.16. The minimum Gasteiger partial charge on any atom is -0.384 e. The fraction of sp³-hybridized carbons (Fsp3) is 0.500. The maximum Gasteiger partial charge on any atom is 0.0642 e. The molecule has 0 aliphatic rings. The summed E-state index contributed by atoms with van der Waals surface area (Å²) in [6.45, 7) is 5.81. The molecule has 0 aliphatic carbocycles. The average molecular weight is 227 g/mol. The van der Waals surface area contributed by atoms with Crippen molar-refractivity contribution in [2.45, 2.75) is 26.7 Å². The first-order valence-electron chi connectivity index (χ1n) is 5.36. The fourth-order valence-electron chi connectivity index (χ4n) is 1.62. The zero-order chi connectivity index (χ0) is 11.3. The van der Waals surface area contributed by atoms with Crippen LogP contribution in [0.1, 0.15) is 24.0 Å². The lowest BCUT2D eigenvalue weighted by atomic mass is 10.1. The lowest BCUT2D eigenvalue weighted by Gasteiger charge is -2.12. The van der Waals surface area contributed by atoms with E-state index in [4.69, 9.17) is 17.3 Å². The average Bonchev–Trinajstić information content (AvgIpc) is 2.15. The number of hydrogen-bond acceptors (Lipinski definition) is 2. The van der Waals surface area contributed by atoms with Crippen LogP contribution in [0.15, 0.2) is 12.1 Å². The summed E-state index contributed by atoms with van der Waals surface area (Å²) in [4.78, 5) is 0. The van der Waals surface area contributed by atoms with E-state index in [0.717, 1.165) is 36.6 Å². The minimum absolute atomic E-state index is 0.752. The van der Waals surface area contributed by atoms with E-state index in [1.54, 1.807) is 0 Å². The number of unbranched alkanes of at least 4 members (excludes halogenated alkanes) is 1. The van der Waals surface area contributed by atoms with Crippen LogP contribution in [0.25, 0.3) is 0 Å². The predicted molar refractivity (Wildman–Crippen MR) is 67.7 cm³/mol. The molecule has 0 bridgehead atoms. The molecule has 0 atom stereocenters. The monoisotopic (exact) mass is 226 g/mol. The van der Waals surface area contributed by atoms with E-state index in [-0.39, 0.29) is 0 Å². The topological polar surface area (TPSA) is 38.0 Å². The summed E-state index contributed by atoms with van der Waals surface area (Å²) in [6.07, 6.45) is 2.13. The Morgan fingerprint density at radius 3 is 2.60 bits per heavy atom. The van der Waals surface area contributed by atoms with Gasteiger partial charge in [0, 0.05) is 6.54 Å². The van der Waals surface area contributed by atoms with Crippen LogP contribution in [0.3, 0.4) is 0 Å². The molecular formula is C12H19ClN2. The van der Waals surface area contributed by atoms with Crippen LogP contribution in [0.2, 0.25) is 5.02 Å². The van der Waals surface area contributed by atoms with Crippen LogP contribution in [-0.2, 0) is 0 Å². The van der Waals surface area contributed by atoms with Crippen molar-refractivity contribution in [2.24, 2.45) is 5.73 Å². The van der Waals surface area contributed by atoms with Gasteiger partial charge in [-0.05, 0) is 50.4 Å². The minimum atomic E-state index is 0.752. The van der Waals surface area contributed by atoms with E-state index in [1.807, 2.05) is 6.07 Å². The summed E-state index contributed by atoms with van der Waals surface area (Å²) in [5.74, 6) is 0. The third kappa shape index (κ3) is 3.73. The predicted octanol–water partition coefficient (Wildman–Crippen LogP) is 3.11. The lowest BCUT2D eigenvalue weighted by Crippen LogP contribution is -2.07. The molecule has 0 aliphatic heterocycles. The van der Waals surface area contributed by atoms with Gasteiger partial charge >= 0.3 is 0 Å². The zero-order valence-corrected chi connectivity index (χ0v) is 10.2. The molecule has 0 unspecified atom stereocenters. The molecule has 0 spiro atoms. The van der Waals surface area contributed by atoms with Gasteiger partial charge in [0.05, 0.1) is 10.7 Å². The molecule has 2 nitrogen and oxygen atoms in total. The van der Waals surface area contributed by atoms with E-state index in [2.05, 4.69) is 25.2 Å². The van der Waals surface area contributed by atoms with E-state index >= 15 is 0 Å². The van der Waals surface area contributed by atoms with Crippen LogP contribution < -0.4 is 11.1 Å². The SMILES string of the molecule is Cc1cc(C)c(NCCCCN)c(Cl)c1. The van der Waals surface area contributed by atoms with Crippen molar-refractivity contribution in [3.63, 3.8) is 0 Å². The molecule has 84 valence electrons. The standard InChI is InChI=1S/C12H19ClN2/c1-9-7-10(2)12(11(13)8-9)15-6-4-3-5-14/h7-8,15H,3-6,14H2,1-2H3. The third-order valence-corrected chi connectivity index (χ3v) is 2.66. The Labute approximate surface area is 96.8 Å². The highest BCUT2D eigenvalue weighted by molar-refractivity contribution is 6.33. The molecule has 0 radical (unpaired) electrons. The van der Waals surface area contributed by atoms with Crippen LogP contribution >= 0.6 is 11.6 Å². The highest BCUT2D eigenvalue weighted by Crippen LogP contribution is 2.27. The van der Waals surface area contributed by atoms with Crippen molar-refractivity contribution in [1.82, 2.24) is 0 Å². The highest BCUT2D eigenvalue weighted by Gasteiger charge is 2.03. The summed E-state index contributed by atoms with van der Waals surface area (Å²) in [6, 6.07) is 4.12. The van der Waals surface area contributed by atoms with E-state index in [9.17, 15) is 0 Å². The Morgan fingerprint density at radius 2 is 2.00 bits per heavy atom. The molecule has 15 heavy (non-hydrogen) atoms. The van der Waals surface area contributed by atoms with Crippen LogP contribution in [0.4, 0.5) is 5.69 Å². The van der Waals surface area contributed by atoms with E-state index in [1.165, 1.54) is 11.1 Å². The number of aryl methyl sites for hydroxylation is 2. The van der Waals surface area contributed by atoms with Crippen molar-refractivity contribution in [3.8, 4) is 0 Å². The van der Waals surface area contributed by atoms with Gasteiger partial charge in [0.15, 0.2) is 0 Å². The Bertz CT molecular complexity index is 300. The number of anilines is 1. The third-order valence-electron chi connectivity index (χ3n) is 2.36. The first-order valence-corrected chi connectivity index (χ1v) is 5.73. The number of halogens is 1. The lowest BCUT2D eigenvalue weighted by molar-refractivity contribution is 0.774. The Hall–Kier alpha value is -0.730. The van der Waals surface area contributed by atoms with Gasteiger partial charge in [-0.1, -0.05) is 17.7 Å². The van der Waals surface area contributed by atoms with Gasteiger partial charge in [-0.3, -0.25) is 0 Å². The second-order valence-electron chi connectivity index (χ2n) is 3.86. The molecule has 1 aromatic carbocycles. The summed E-state index contributed by atoms with van der Waals surface area (Å²) in [5.41, 5.74) is 8.89. The number of nitrogens with two attached hydrogens (primary N) is 1. The number of benzene rings is 1. The van der Waals surface area contributed by atoms with Crippen molar-refractivity contribution in [1.29, 1.82) is 0 Å². The molecular weight excluding hydrogens is 208 g/mol. The molecule has 0 saturated carbocycles. The first-order chi connectivity index (χ1) is 7.15. The van der Waals surface area contributed by atoms with Crippen molar-refractivity contribution in [3.05, 3.63) is 28.3 Å². The zero-order valence-electron chi connectivity index (χ0n) is 9.44. The fourth-order valence-corrected chi connectivity index (χ4v) is 2.01. The first kappa shape index (κ1) is 12.3. The number of nitrogens with one attached hydrogen (secondary N) is 1. The van der Waals surface area contributed by atoms with Gasteiger partial charge in [-0.25, -0.2) is 0 Å². The molecule has 3 N–H and O–H groups in total. The summed E-state index contributed by atoms with van der Waals surface area (Å²) in [7, 11) is 0. The largest absolute Gasteiger partial charge is 0.384 e. The Morgan fingerprint density at radius 1 is 1.27 bits per heavy atom. The van der Waals surface area contributed by atoms with E-state index < -0.39 is 0 Å². The Kier molecular flexibility index (Phi) is 4.92. The van der Waals surface area contributed by atoms with Crippen molar-refractivity contribution in [2.75, 3.05) is 18.4 Å². The second-order valence-corrected chi connectivity index (χ2v) is 4.27. The van der Waals surface area contributed by atoms with Crippen LogP contribution in [0, 0.1) is 13.8 Å². The molecule has 0 fully saturated rings. The normalized spacial score (nSPS) is 10.4. The summed E-state index contributed by atoms with van der Waals surface area (Å²) < 4.78 is 0. The van der Waals surface area contributed by atoms with Crippen LogP contribution in [0.5, 0.6) is 0 Å². The van der Waals surface area contributed by atoms with Gasteiger partial charge in [0.1, 0.15) is 0 Å². The number of hydrogen-bond donors (Lipinski definition) is 2. The molecule has 0 amide bonds. The van der Waals surface area contributed by atoms with Gasteiger partial charge in [-0.15, -0.1) is 0 Å². The number of rotatable bonds is 5. The van der Waals surface area contributed by atoms with E-state index in [0.29, 0.717) is 0 Å².